The van der Waals surface area contributed by atoms with Crippen LogP contribution in [0.3, 0.4) is 0 Å². The second-order valence-electron chi connectivity index (χ2n) is 8.81. The van der Waals surface area contributed by atoms with Crippen molar-refractivity contribution in [3.63, 3.8) is 0 Å². The maximum Gasteiger partial charge on any atom is 0.338 e. The van der Waals surface area contributed by atoms with Gasteiger partial charge in [0.05, 0.1) is 18.7 Å². The van der Waals surface area contributed by atoms with Crippen molar-refractivity contribution < 1.29 is 32.6 Å². The van der Waals surface area contributed by atoms with E-state index in [4.69, 9.17) is 21.4 Å². The first-order valence-corrected chi connectivity index (χ1v) is 12.9. The van der Waals surface area contributed by atoms with Crippen LogP contribution in [0.5, 0.6) is 0 Å². The molecule has 2 aliphatic heterocycles. The number of likely N-dealkylation sites (tertiary alicyclic amines) is 1. The molecule has 3 heterocycles. The molecule has 4 rings (SSSR count). The standard InChI is InChI=1S/C25H24ClF3N4O4S/c1-2-37-24(36)20-18(12-33-11-14(3-6-19(34)35)10-25(28,29)13-33)31-22(23-30-7-8-38-23)32-21(20)16-5-4-15(27)9-17(16)26/h3-9,14,21H,2,10-13H2,1H3,(H,31,32)(H,34,35)/b6-3+/t14-,21-/m0/s1. The molecule has 2 aliphatic rings. The van der Waals surface area contributed by atoms with Gasteiger partial charge in [0.2, 0.25) is 0 Å². The van der Waals surface area contributed by atoms with Crippen LogP contribution in [0.25, 0.3) is 0 Å². The Bertz CT molecular complexity index is 1300. The number of carboxylic acids is 1. The first-order chi connectivity index (χ1) is 18.1. The third kappa shape index (κ3) is 6.61. The molecule has 1 aromatic heterocycles. The van der Waals surface area contributed by atoms with Gasteiger partial charge in [0.15, 0.2) is 10.8 Å². The first-order valence-electron chi connectivity index (χ1n) is 11.7. The van der Waals surface area contributed by atoms with Crippen molar-refractivity contribution in [2.45, 2.75) is 25.3 Å². The van der Waals surface area contributed by atoms with Crippen molar-refractivity contribution in [1.82, 2.24) is 15.2 Å². The topological polar surface area (TPSA) is 104 Å². The number of ether oxygens (including phenoxy) is 1. The first kappa shape index (κ1) is 27.8. The SMILES string of the molecule is CCOC(=O)C1=C(CN2C[C@@H](/C=C/C(=O)O)CC(F)(F)C2)NC(c2nccs2)=N[C@H]1c1ccc(F)cc1Cl. The molecule has 0 spiro atoms. The number of alkyl halides is 2. The normalized spacial score (nSPS) is 21.8. The predicted molar refractivity (Wildman–Crippen MR) is 136 cm³/mol. The fourth-order valence-corrected chi connectivity index (χ4v) is 5.35. The summed E-state index contributed by atoms with van der Waals surface area (Å²) in [7, 11) is 0. The van der Waals surface area contributed by atoms with Gasteiger partial charge in [-0.3, -0.25) is 9.89 Å². The number of carbonyl (C=O) groups is 2. The van der Waals surface area contributed by atoms with Crippen molar-refractivity contribution in [1.29, 1.82) is 0 Å². The van der Waals surface area contributed by atoms with Crippen LogP contribution in [0.2, 0.25) is 5.02 Å². The number of carbonyl (C=O) groups excluding carboxylic acids is 1. The van der Waals surface area contributed by atoms with E-state index in [-0.39, 0.29) is 36.0 Å². The van der Waals surface area contributed by atoms with Crippen molar-refractivity contribution >= 4 is 40.7 Å². The highest BCUT2D eigenvalue weighted by molar-refractivity contribution is 7.11. The maximum atomic E-state index is 14.7. The number of aromatic nitrogens is 1. The van der Waals surface area contributed by atoms with Crippen molar-refractivity contribution in [2.24, 2.45) is 10.9 Å². The second kappa shape index (κ2) is 11.7. The number of amidine groups is 1. The van der Waals surface area contributed by atoms with Crippen molar-refractivity contribution in [2.75, 3.05) is 26.2 Å². The minimum Gasteiger partial charge on any atom is -0.478 e. The molecule has 202 valence electrons. The number of hydrogen-bond acceptors (Lipinski definition) is 8. The van der Waals surface area contributed by atoms with Crippen molar-refractivity contribution in [3.05, 3.63) is 74.6 Å². The fraction of sp³-hybridized carbons (Fsp3) is 0.360. The van der Waals surface area contributed by atoms with Gasteiger partial charge in [0, 0.05) is 53.4 Å². The Kier molecular flexibility index (Phi) is 8.54. The summed E-state index contributed by atoms with van der Waals surface area (Å²) in [4.78, 5) is 34.5. The van der Waals surface area contributed by atoms with Crippen LogP contribution in [0.1, 0.15) is 30.0 Å². The molecule has 0 unspecified atom stereocenters. The number of hydrogen-bond donors (Lipinski definition) is 2. The second-order valence-corrected chi connectivity index (χ2v) is 10.1. The lowest BCUT2D eigenvalue weighted by Crippen LogP contribution is -2.49. The Balaban J connectivity index is 1.78. The highest BCUT2D eigenvalue weighted by atomic mass is 35.5. The number of aliphatic imine (C=N–C) groups is 1. The molecule has 13 heteroatoms. The van der Waals surface area contributed by atoms with E-state index in [2.05, 4.69) is 15.3 Å². The van der Waals surface area contributed by atoms with Crippen LogP contribution in [-0.4, -0.2) is 64.9 Å². The average molecular weight is 569 g/mol. The molecule has 8 nitrogen and oxygen atoms in total. The summed E-state index contributed by atoms with van der Waals surface area (Å²) < 4.78 is 48.4. The molecule has 2 aromatic rings. The number of piperidine rings is 1. The molecular weight excluding hydrogens is 545 g/mol. The van der Waals surface area contributed by atoms with E-state index in [0.29, 0.717) is 16.4 Å². The molecule has 0 bridgehead atoms. The van der Waals surface area contributed by atoms with Gasteiger partial charge in [0.25, 0.3) is 5.92 Å². The van der Waals surface area contributed by atoms with Crippen LogP contribution < -0.4 is 5.32 Å². The molecule has 2 N–H and O–H groups in total. The number of nitrogens with zero attached hydrogens (tertiary/aromatic N) is 3. The Labute approximate surface area is 225 Å². The lowest BCUT2D eigenvalue weighted by molar-refractivity contribution is -0.139. The maximum absolute atomic E-state index is 14.7. The summed E-state index contributed by atoms with van der Waals surface area (Å²) >= 11 is 7.63. The van der Waals surface area contributed by atoms with Gasteiger partial charge in [-0.2, -0.15) is 0 Å². The number of nitrogens with one attached hydrogen (secondary N) is 1. The van der Waals surface area contributed by atoms with Gasteiger partial charge in [-0.25, -0.2) is 27.7 Å². The Morgan fingerprint density at radius 3 is 2.84 bits per heavy atom. The van der Waals surface area contributed by atoms with Gasteiger partial charge in [-0.1, -0.05) is 23.7 Å². The Morgan fingerprint density at radius 1 is 1.39 bits per heavy atom. The summed E-state index contributed by atoms with van der Waals surface area (Å²) in [5, 5.41) is 14.3. The number of aliphatic carboxylic acids is 1. The molecule has 0 radical (unpaired) electrons. The van der Waals surface area contributed by atoms with Crippen LogP contribution >= 0.6 is 22.9 Å². The monoisotopic (exact) mass is 568 g/mol. The minimum atomic E-state index is -3.09. The summed E-state index contributed by atoms with van der Waals surface area (Å²) in [6.45, 7) is 1.08. The van der Waals surface area contributed by atoms with Gasteiger partial charge >= 0.3 is 11.9 Å². The van der Waals surface area contributed by atoms with Gasteiger partial charge in [-0.15, -0.1) is 11.3 Å². The lowest BCUT2D eigenvalue weighted by atomic mass is 9.92. The number of benzene rings is 1. The third-order valence-corrected chi connectivity index (χ3v) is 7.02. The van der Waals surface area contributed by atoms with E-state index >= 15 is 0 Å². The average Bonchev–Trinajstić information content (AvgIpc) is 3.37. The number of halogens is 4. The number of thiazole rings is 1. The van der Waals surface area contributed by atoms with Gasteiger partial charge in [-0.05, 0) is 25.0 Å². The predicted octanol–water partition coefficient (Wildman–Crippen LogP) is 4.44. The largest absolute Gasteiger partial charge is 0.478 e. The molecule has 1 saturated heterocycles. The van der Waals surface area contributed by atoms with E-state index in [9.17, 15) is 22.8 Å². The van der Waals surface area contributed by atoms with Crippen LogP contribution in [-0.2, 0) is 14.3 Å². The smallest absolute Gasteiger partial charge is 0.338 e. The summed E-state index contributed by atoms with van der Waals surface area (Å²) in [5.41, 5.74) is 0.635. The lowest BCUT2D eigenvalue weighted by Gasteiger charge is -2.38. The number of rotatable bonds is 8. The van der Waals surface area contributed by atoms with Gasteiger partial charge in [0.1, 0.15) is 11.9 Å². The highest BCUT2D eigenvalue weighted by Crippen LogP contribution is 2.38. The van der Waals surface area contributed by atoms with E-state index in [0.717, 1.165) is 12.1 Å². The van der Waals surface area contributed by atoms with Crippen LogP contribution in [0, 0.1) is 11.7 Å². The zero-order valence-electron chi connectivity index (χ0n) is 20.2. The molecule has 1 fully saturated rings. The van der Waals surface area contributed by atoms with Crippen LogP contribution in [0.15, 0.2) is 58.2 Å². The van der Waals surface area contributed by atoms with E-state index < -0.39 is 48.6 Å². The molecule has 2 atom stereocenters. The highest BCUT2D eigenvalue weighted by Gasteiger charge is 2.41. The fourth-order valence-electron chi connectivity index (χ4n) is 4.49. The number of esters is 1. The molecular formula is C25H24ClF3N4O4S. The van der Waals surface area contributed by atoms with E-state index in [1.54, 1.807) is 18.5 Å². The molecule has 0 amide bonds. The quantitative estimate of drug-likeness (QED) is 0.358. The summed E-state index contributed by atoms with van der Waals surface area (Å²) in [6.07, 6.45) is 3.18. The molecule has 0 saturated carbocycles. The minimum absolute atomic E-state index is 0.0312. The third-order valence-electron chi connectivity index (χ3n) is 5.91. The zero-order valence-corrected chi connectivity index (χ0v) is 21.7. The zero-order chi connectivity index (χ0) is 27.4. The number of carboxylic acid groups (broad SMARTS) is 1. The molecule has 38 heavy (non-hydrogen) atoms. The van der Waals surface area contributed by atoms with E-state index in [1.165, 1.54) is 34.4 Å². The molecule has 1 aromatic carbocycles. The Hall–Kier alpha value is -3.22. The van der Waals surface area contributed by atoms with Crippen LogP contribution in [0.4, 0.5) is 13.2 Å². The Morgan fingerprint density at radius 2 is 2.18 bits per heavy atom. The van der Waals surface area contributed by atoms with E-state index in [1.807, 2.05) is 0 Å². The molecule has 0 aliphatic carbocycles. The summed E-state index contributed by atoms with van der Waals surface area (Å²) in [5.74, 6) is -6.05. The van der Waals surface area contributed by atoms with Crippen molar-refractivity contribution in [3.8, 4) is 0 Å². The van der Waals surface area contributed by atoms with Gasteiger partial charge < -0.3 is 15.2 Å². The summed E-state index contributed by atoms with van der Waals surface area (Å²) in [6, 6.07) is 2.68.